The fourth-order valence-electron chi connectivity index (χ4n) is 3.45. The lowest BCUT2D eigenvalue weighted by Crippen LogP contribution is -2.41. The second-order valence-electron chi connectivity index (χ2n) is 6.68. The van der Waals surface area contributed by atoms with Crippen LogP contribution in [0.2, 0.25) is 0 Å². The Balaban J connectivity index is 1.98. The molecule has 1 aliphatic rings. The van der Waals surface area contributed by atoms with Crippen molar-refractivity contribution in [3.63, 3.8) is 0 Å². The standard InChI is InChI=1S/C19H18BrFN2O3S/c1-11-15-17(24)23(13-7-5-12(21)6-8-13)19(25)22(18(15)27-16(11)20)10-14-4-2-3-9-26-14/h5-8,14H,2-4,9-10H2,1H3. The second kappa shape index (κ2) is 7.33. The van der Waals surface area contributed by atoms with Crippen LogP contribution in [0.25, 0.3) is 15.9 Å². The minimum Gasteiger partial charge on any atom is -0.376 e. The van der Waals surface area contributed by atoms with E-state index in [0.29, 0.717) is 29.1 Å². The Morgan fingerprint density at radius 2 is 2.00 bits per heavy atom. The normalized spacial score (nSPS) is 17.5. The van der Waals surface area contributed by atoms with Gasteiger partial charge in [-0.3, -0.25) is 9.36 Å². The maximum Gasteiger partial charge on any atom is 0.336 e. The maximum atomic E-state index is 13.3. The maximum absolute atomic E-state index is 13.3. The average Bonchev–Trinajstić information content (AvgIpc) is 2.96. The molecule has 3 heterocycles. The van der Waals surface area contributed by atoms with Crippen molar-refractivity contribution >= 4 is 37.5 Å². The smallest absolute Gasteiger partial charge is 0.336 e. The van der Waals surface area contributed by atoms with Crippen molar-refractivity contribution in [1.82, 2.24) is 9.13 Å². The van der Waals surface area contributed by atoms with Crippen molar-refractivity contribution in [3.8, 4) is 5.69 Å². The van der Waals surface area contributed by atoms with Crippen molar-refractivity contribution in [1.29, 1.82) is 0 Å². The quantitative estimate of drug-likeness (QED) is 0.603. The van der Waals surface area contributed by atoms with Gasteiger partial charge in [0, 0.05) is 6.61 Å². The number of benzene rings is 1. The zero-order valence-electron chi connectivity index (χ0n) is 14.7. The van der Waals surface area contributed by atoms with E-state index < -0.39 is 11.5 Å². The van der Waals surface area contributed by atoms with E-state index in [-0.39, 0.29) is 11.7 Å². The Morgan fingerprint density at radius 1 is 1.26 bits per heavy atom. The molecule has 3 aromatic rings. The molecule has 0 aliphatic carbocycles. The molecule has 0 radical (unpaired) electrons. The number of nitrogens with zero attached hydrogens (tertiary/aromatic N) is 2. The molecule has 1 fully saturated rings. The highest BCUT2D eigenvalue weighted by Crippen LogP contribution is 2.32. The highest BCUT2D eigenvalue weighted by molar-refractivity contribution is 9.11. The molecule has 1 unspecified atom stereocenters. The monoisotopic (exact) mass is 452 g/mol. The molecular formula is C19H18BrFN2O3S. The number of aromatic nitrogens is 2. The van der Waals surface area contributed by atoms with Crippen molar-refractivity contribution in [2.75, 3.05) is 6.61 Å². The molecule has 142 valence electrons. The van der Waals surface area contributed by atoms with Crippen LogP contribution in [0.15, 0.2) is 37.6 Å². The van der Waals surface area contributed by atoms with E-state index >= 15 is 0 Å². The van der Waals surface area contributed by atoms with Gasteiger partial charge in [-0.1, -0.05) is 0 Å². The Morgan fingerprint density at radius 3 is 2.67 bits per heavy atom. The molecule has 0 N–H and O–H groups in total. The highest BCUT2D eigenvalue weighted by Gasteiger charge is 2.23. The number of rotatable bonds is 3. The fraction of sp³-hybridized carbons (Fsp3) is 0.368. The summed E-state index contributed by atoms with van der Waals surface area (Å²) in [5.41, 5.74) is 0.339. The summed E-state index contributed by atoms with van der Waals surface area (Å²) in [6, 6.07) is 5.39. The van der Waals surface area contributed by atoms with Gasteiger partial charge in [0.1, 0.15) is 10.6 Å². The van der Waals surface area contributed by atoms with Crippen LogP contribution in [-0.2, 0) is 11.3 Å². The van der Waals surface area contributed by atoms with E-state index in [1.807, 2.05) is 6.92 Å². The summed E-state index contributed by atoms with van der Waals surface area (Å²) >= 11 is 4.87. The summed E-state index contributed by atoms with van der Waals surface area (Å²) in [6.45, 7) is 2.93. The van der Waals surface area contributed by atoms with Gasteiger partial charge < -0.3 is 4.74 Å². The van der Waals surface area contributed by atoms with E-state index in [1.165, 1.54) is 35.6 Å². The number of thiophene rings is 1. The molecule has 1 atom stereocenters. The number of hydrogen-bond acceptors (Lipinski definition) is 4. The largest absolute Gasteiger partial charge is 0.376 e. The topological polar surface area (TPSA) is 53.2 Å². The van der Waals surface area contributed by atoms with Gasteiger partial charge in [0.15, 0.2) is 0 Å². The van der Waals surface area contributed by atoms with Crippen molar-refractivity contribution < 1.29 is 9.13 Å². The number of aryl methyl sites for hydroxylation is 1. The number of fused-ring (bicyclic) bond motifs is 1. The van der Waals surface area contributed by atoms with E-state index in [0.717, 1.165) is 33.2 Å². The highest BCUT2D eigenvalue weighted by atomic mass is 79.9. The first kappa shape index (κ1) is 18.6. The Kier molecular flexibility index (Phi) is 5.05. The molecule has 1 aromatic carbocycles. The van der Waals surface area contributed by atoms with E-state index in [2.05, 4.69) is 15.9 Å². The van der Waals surface area contributed by atoms with Gasteiger partial charge in [0.2, 0.25) is 0 Å². The van der Waals surface area contributed by atoms with Crippen LogP contribution in [0.1, 0.15) is 24.8 Å². The fourth-order valence-corrected chi connectivity index (χ4v) is 5.14. The van der Waals surface area contributed by atoms with Gasteiger partial charge in [-0.2, -0.15) is 0 Å². The van der Waals surface area contributed by atoms with Crippen LogP contribution in [0, 0.1) is 12.7 Å². The Bertz CT molecular complexity index is 1110. The summed E-state index contributed by atoms with van der Waals surface area (Å²) in [7, 11) is 0. The molecule has 8 heteroatoms. The first-order valence-corrected chi connectivity index (χ1v) is 10.4. The summed E-state index contributed by atoms with van der Waals surface area (Å²) in [4.78, 5) is 27.0. The van der Waals surface area contributed by atoms with Gasteiger partial charge in [0.05, 0.1) is 27.5 Å². The Labute approximate surface area is 167 Å². The molecular weight excluding hydrogens is 435 g/mol. The third-order valence-corrected chi connectivity index (χ3v) is 7.08. The lowest BCUT2D eigenvalue weighted by atomic mass is 10.1. The van der Waals surface area contributed by atoms with Gasteiger partial charge in [-0.05, 0) is 71.9 Å². The average molecular weight is 453 g/mol. The number of ether oxygens (including phenoxy) is 1. The van der Waals surface area contributed by atoms with Crippen LogP contribution >= 0.6 is 27.3 Å². The van der Waals surface area contributed by atoms with Crippen LogP contribution in [0.4, 0.5) is 4.39 Å². The molecule has 2 aromatic heterocycles. The lowest BCUT2D eigenvalue weighted by Gasteiger charge is -2.24. The SMILES string of the molecule is Cc1c(Br)sc2c1c(=O)n(-c1ccc(F)cc1)c(=O)n2CC1CCCCO1. The molecule has 0 bridgehead atoms. The zero-order chi connectivity index (χ0) is 19.1. The van der Waals surface area contributed by atoms with Gasteiger partial charge in [-0.15, -0.1) is 11.3 Å². The predicted molar refractivity (Wildman–Crippen MR) is 108 cm³/mol. The van der Waals surface area contributed by atoms with Crippen LogP contribution in [0.3, 0.4) is 0 Å². The predicted octanol–water partition coefficient (Wildman–Crippen LogP) is 3.99. The van der Waals surface area contributed by atoms with Crippen LogP contribution in [-0.4, -0.2) is 21.8 Å². The minimum atomic E-state index is -0.429. The first-order chi connectivity index (χ1) is 13.0. The van der Waals surface area contributed by atoms with Crippen molar-refractivity contribution in [2.45, 2.75) is 38.8 Å². The molecule has 1 saturated heterocycles. The first-order valence-electron chi connectivity index (χ1n) is 8.79. The summed E-state index contributed by atoms with van der Waals surface area (Å²) in [5, 5.41) is 0.506. The second-order valence-corrected chi connectivity index (χ2v) is 9.00. The van der Waals surface area contributed by atoms with Gasteiger partial charge in [0.25, 0.3) is 5.56 Å². The third kappa shape index (κ3) is 3.30. The van der Waals surface area contributed by atoms with Crippen molar-refractivity contribution in [3.05, 3.63) is 60.3 Å². The lowest BCUT2D eigenvalue weighted by molar-refractivity contribution is 0.00593. The van der Waals surface area contributed by atoms with Crippen molar-refractivity contribution in [2.24, 2.45) is 0 Å². The summed E-state index contributed by atoms with van der Waals surface area (Å²) in [5.74, 6) is -0.418. The minimum absolute atomic E-state index is 0.0556. The van der Waals surface area contributed by atoms with E-state index in [4.69, 9.17) is 4.74 Å². The van der Waals surface area contributed by atoms with E-state index in [1.54, 1.807) is 4.57 Å². The molecule has 1 aliphatic heterocycles. The molecule has 27 heavy (non-hydrogen) atoms. The molecule has 0 saturated carbocycles. The molecule has 4 rings (SSSR count). The zero-order valence-corrected chi connectivity index (χ0v) is 17.1. The van der Waals surface area contributed by atoms with Gasteiger partial charge >= 0.3 is 5.69 Å². The van der Waals surface area contributed by atoms with Gasteiger partial charge in [-0.25, -0.2) is 13.8 Å². The van der Waals surface area contributed by atoms with Crippen LogP contribution < -0.4 is 11.2 Å². The summed E-state index contributed by atoms with van der Waals surface area (Å²) < 4.78 is 22.7. The summed E-state index contributed by atoms with van der Waals surface area (Å²) in [6.07, 6.45) is 2.92. The third-order valence-electron chi connectivity index (χ3n) is 4.90. The van der Waals surface area contributed by atoms with E-state index in [9.17, 15) is 14.0 Å². The molecule has 0 spiro atoms. The number of hydrogen-bond donors (Lipinski definition) is 0. The molecule has 0 amide bonds. The van der Waals surface area contributed by atoms with Crippen LogP contribution in [0.5, 0.6) is 0 Å². The number of halogens is 2. The Hall–Kier alpha value is -1.77. The molecule has 5 nitrogen and oxygen atoms in total.